The summed E-state index contributed by atoms with van der Waals surface area (Å²) in [7, 11) is 0. The summed E-state index contributed by atoms with van der Waals surface area (Å²) in [5.41, 5.74) is 1.13. The number of rotatable bonds is 5. The molecule has 1 N–H and O–H groups in total. The van der Waals surface area contributed by atoms with Gasteiger partial charge in [-0.1, -0.05) is 24.3 Å². The van der Waals surface area contributed by atoms with Crippen LogP contribution in [0.4, 0.5) is 5.69 Å². The zero-order valence-corrected chi connectivity index (χ0v) is 15.6. The predicted octanol–water partition coefficient (Wildman–Crippen LogP) is 4.42. The first-order chi connectivity index (χ1) is 13.6. The number of hydrogen-bond acceptors (Lipinski definition) is 5. The zero-order chi connectivity index (χ0) is 19.7. The summed E-state index contributed by atoms with van der Waals surface area (Å²) in [4.78, 5) is 25.1. The SMILES string of the molecule is CCOc1cc2ccccc2cc1C(=O)Nc1cc2c(cc1C(C)=O)OCO2. The van der Waals surface area contributed by atoms with Crippen LogP contribution in [0.15, 0.2) is 48.5 Å². The maximum absolute atomic E-state index is 13.1. The second-order valence-electron chi connectivity index (χ2n) is 6.39. The molecule has 1 amide bonds. The molecule has 0 saturated carbocycles. The van der Waals surface area contributed by atoms with Crippen molar-refractivity contribution in [3.63, 3.8) is 0 Å². The van der Waals surface area contributed by atoms with Crippen LogP contribution in [0.25, 0.3) is 10.8 Å². The van der Waals surface area contributed by atoms with Gasteiger partial charge in [0.1, 0.15) is 5.75 Å². The van der Waals surface area contributed by atoms with E-state index >= 15 is 0 Å². The van der Waals surface area contributed by atoms with E-state index in [1.165, 1.54) is 6.92 Å². The van der Waals surface area contributed by atoms with Crippen molar-refractivity contribution in [1.29, 1.82) is 0 Å². The van der Waals surface area contributed by atoms with Crippen LogP contribution in [0, 0.1) is 0 Å². The Balaban J connectivity index is 1.74. The lowest BCUT2D eigenvalue weighted by atomic mass is 10.0. The Bertz CT molecular complexity index is 1090. The van der Waals surface area contributed by atoms with E-state index in [4.69, 9.17) is 14.2 Å². The molecule has 1 aliphatic rings. The Morgan fingerprint density at radius 3 is 2.36 bits per heavy atom. The molecule has 6 nitrogen and oxygen atoms in total. The summed E-state index contributed by atoms with van der Waals surface area (Å²) in [6.07, 6.45) is 0. The highest BCUT2D eigenvalue weighted by atomic mass is 16.7. The van der Waals surface area contributed by atoms with Gasteiger partial charge < -0.3 is 19.5 Å². The normalized spacial score (nSPS) is 12.1. The number of nitrogens with one attached hydrogen (secondary N) is 1. The van der Waals surface area contributed by atoms with Crippen LogP contribution in [-0.2, 0) is 0 Å². The summed E-state index contributed by atoms with van der Waals surface area (Å²) in [6.45, 7) is 3.82. The Kier molecular flexibility index (Phi) is 4.61. The van der Waals surface area contributed by atoms with Gasteiger partial charge in [-0.05, 0) is 42.8 Å². The summed E-state index contributed by atoms with van der Waals surface area (Å²) >= 11 is 0. The quantitative estimate of drug-likeness (QED) is 0.666. The van der Waals surface area contributed by atoms with Crippen LogP contribution >= 0.6 is 0 Å². The van der Waals surface area contributed by atoms with E-state index in [2.05, 4.69) is 5.32 Å². The Labute approximate surface area is 162 Å². The average molecular weight is 377 g/mol. The van der Waals surface area contributed by atoms with Crippen LogP contribution in [0.1, 0.15) is 34.6 Å². The van der Waals surface area contributed by atoms with Gasteiger partial charge >= 0.3 is 0 Å². The molecule has 3 aromatic rings. The number of carbonyl (C=O) groups excluding carboxylic acids is 2. The molecule has 0 bridgehead atoms. The summed E-state index contributed by atoms with van der Waals surface area (Å²) < 4.78 is 16.4. The van der Waals surface area contributed by atoms with E-state index in [0.717, 1.165) is 10.8 Å². The number of ether oxygens (including phenoxy) is 3. The molecule has 3 aromatic carbocycles. The van der Waals surface area contributed by atoms with E-state index in [9.17, 15) is 9.59 Å². The lowest BCUT2D eigenvalue weighted by Crippen LogP contribution is -2.16. The van der Waals surface area contributed by atoms with Crippen LogP contribution in [0.2, 0.25) is 0 Å². The number of ketones is 1. The van der Waals surface area contributed by atoms with Crippen molar-refractivity contribution in [2.24, 2.45) is 0 Å². The van der Waals surface area contributed by atoms with E-state index in [0.29, 0.717) is 40.7 Å². The third-order valence-electron chi connectivity index (χ3n) is 4.53. The molecule has 28 heavy (non-hydrogen) atoms. The van der Waals surface area contributed by atoms with Crippen LogP contribution in [0.3, 0.4) is 0 Å². The second-order valence-corrected chi connectivity index (χ2v) is 6.39. The molecular weight excluding hydrogens is 358 g/mol. The van der Waals surface area contributed by atoms with Gasteiger partial charge in [-0.2, -0.15) is 0 Å². The lowest BCUT2D eigenvalue weighted by Gasteiger charge is -2.14. The number of benzene rings is 3. The van der Waals surface area contributed by atoms with E-state index in [1.807, 2.05) is 37.3 Å². The molecule has 0 spiro atoms. The molecule has 142 valence electrons. The summed E-state index contributed by atoms with van der Waals surface area (Å²) in [5, 5.41) is 4.73. The number of hydrogen-bond donors (Lipinski definition) is 1. The van der Waals surface area contributed by atoms with Crippen molar-refractivity contribution in [3.8, 4) is 17.2 Å². The number of fused-ring (bicyclic) bond motifs is 2. The summed E-state index contributed by atoms with van der Waals surface area (Å²) in [5.74, 6) is 0.921. The first-order valence-electron chi connectivity index (χ1n) is 8.98. The minimum atomic E-state index is -0.365. The maximum Gasteiger partial charge on any atom is 0.259 e. The van der Waals surface area contributed by atoms with Crippen molar-refractivity contribution in [2.45, 2.75) is 13.8 Å². The smallest absolute Gasteiger partial charge is 0.259 e. The number of Topliss-reactive ketones (excluding diaryl/α,β-unsaturated/α-hetero) is 1. The van der Waals surface area contributed by atoms with E-state index in [-0.39, 0.29) is 18.5 Å². The molecule has 0 saturated heterocycles. The van der Waals surface area contributed by atoms with E-state index < -0.39 is 0 Å². The van der Waals surface area contributed by atoms with Gasteiger partial charge in [0.25, 0.3) is 5.91 Å². The molecule has 0 unspecified atom stereocenters. The molecule has 0 aliphatic carbocycles. The molecule has 0 fully saturated rings. The number of anilines is 1. The van der Waals surface area contributed by atoms with Gasteiger partial charge in [-0.25, -0.2) is 0 Å². The second kappa shape index (κ2) is 7.23. The van der Waals surface area contributed by atoms with Gasteiger partial charge in [0.15, 0.2) is 17.3 Å². The van der Waals surface area contributed by atoms with E-state index in [1.54, 1.807) is 18.2 Å². The van der Waals surface area contributed by atoms with Crippen molar-refractivity contribution in [1.82, 2.24) is 0 Å². The van der Waals surface area contributed by atoms with Gasteiger partial charge in [0.05, 0.1) is 17.9 Å². The Morgan fingerprint density at radius 1 is 1.00 bits per heavy atom. The minimum absolute atomic E-state index is 0.0865. The summed E-state index contributed by atoms with van der Waals surface area (Å²) in [6, 6.07) is 14.6. The van der Waals surface area contributed by atoms with Gasteiger partial charge in [-0.15, -0.1) is 0 Å². The standard InChI is InChI=1S/C22H19NO5/c1-3-26-19-9-15-7-5-4-6-14(15)8-17(19)22(25)23-18-11-21-20(27-12-28-21)10-16(18)13(2)24/h4-11H,3,12H2,1-2H3,(H,23,25). The highest BCUT2D eigenvalue weighted by Crippen LogP contribution is 2.38. The third-order valence-corrected chi connectivity index (χ3v) is 4.53. The largest absolute Gasteiger partial charge is 0.493 e. The molecule has 0 atom stereocenters. The van der Waals surface area contributed by atoms with Crippen molar-refractivity contribution in [3.05, 3.63) is 59.7 Å². The fourth-order valence-electron chi connectivity index (χ4n) is 3.20. The fourth-order valence-corrected chi connectivity index (χ4v) is 3.20. The lowest BCUT2D eigenvalue weighted by molar-refractivity contribution is 0.101. The Hall–Kier alpha value is -3.54. The molecule has 6 heteroatoms. The highest BCUT2D eigenvalue weighted by Gasteiger charge is 2.22. The molecular formula is C22H19NO5. The molecule has 4 rings (SSSR count). The fraction of sp³-hybridized carbons (Fsp3) is 0.182. The van der Waals surface area contributed by atoms with Crippen molar-refractivity contribution < 1.29 is 23.8 Å². The van der Waals surface area contributed by atoms with Gasteiger partial charge in [0, 0.05) is 11.6 Å². The first-order valence-corrected chi connectivity index (χ1v) is 8.98. The monoisotopic (exact) mass is 377 g/mol. The van der Waals surface area contributed by atoms with Crippen molar-refractivity contribution in [2.75, 3.05) is 18.7 Å². The van der Waals surface area contributed by atoms with Gasteiger partial charge in [-0.3, -0.25) is 9.59 Å². The number of carbonyl (C=O) groups is 2. The zero-order valence-electron chi connectivity index (χ0n) is 15.6. The molecule has 1 heterocycles. The van der Waals surface area contributed by atoms with Crippen LogP contribution in [-0.4, -0.2) is 25.1 Å². The van der Waals surface area contributed by atoms with Crippen molar-refractivity contribution >= 4 is 28.2 Å². The first kappa shape index (κ1) is 17.9. The third kappa shape index (κ3) is 3.24. The average Bonchev–Trinajstić information content (AvgIpc) is 3.14. The predicted molar refractivity (Wildman–Crippen MR) is 106 cm³/mol. The molecule has 0 aromatic heterocycles. The number of amides is 1. The molecule has 1 aliphatic heterocycles. The van der Waals surface area contributed by atoms with Crippen LogP contribution in [0.5, 0.6) is 17.2 Å². The topological polar surface area (TPSA) is 73.9 Å². The van der Waals surface area contributed by atoms with Gasteiger partial charge in [0.2, 0.25) is 6.79 Å². The Morgan fingerprint density at radius 2 is 1.68 bits per heavy atom. The van der Waals surface area contributed by atoms with Crippen LogP contribution < -0.4 is 19.5 Å². The minimum Gasteiger partial charge on any atom is -0.493 e. The maximum atomic E-state index is 13.1. The molecule has 0 radical (unpaired) electrons. The highest BCUT2D eigenvalue weighted by molar-refractivity contribution is 6.12.